The SMILES string of the molecule is CC(=O)NCCc1ccc(C(=O)COC(=O)C(C)(C)Oc2ccc(Cl)cc2)s1. The van der Waals surface area contributed by atoms with Gasteiger partial charge in [-0.3, -0.25) is 9.59 Å². The van der Waals surface area contributed by atoms with Crippen molar-refractivity contribution in [2.75, 3.05) is 13.2 Å². The molecule has 1 N–H and O–H groups in total. The van der Waals surface area contributed by atoms with Crippen LogP contribution in [0.1, 0.15) is 35.3 Å². The van der Waals surface area contributed by atoms with Crippen molar-refractivity contribution in [2.24, 2.45) is 0 Å². The molecule has 0 spiro atoms. The van der Waals surface area contributed by atoms with Gasteiger partial charge < -0.3 is 14.8 Å². The fraction of sp³-hybridized carbons (Fsp3) is 0.350. The highest BCUT2D eigenvalue weighted by Crippen LogP contribution is 2.22. The standard InChI is InChI=1S/C20H22ClNO5S/c1-13(23)22-11-10-16-8-9-18(28-16)17(24)12-26-19(25)20(2,3)27-15-6-4-14(21)5-7-15/h4-9H,10-12H2,1-3H3,(H,22,23). The Bertz CT molecular complexity index is 845. The third-order valence-corrected chi connectivity index (χ3v) is 5.13. The van der Waals surface area contributed by atoms with Gasteiger partial charge in [-0.15, -0.1) is 11.3 Å². The molecule has 1 amide bonds. The van der Waals surface area contributed by atoms with Crippen molar-refractivity contribution in [3.8, 4) is 5.75 Å². The molecule has 0 aliphatic rings. The second-order valence-corrected chi connectivity index (χ2v) is 8.17. The first-order chi connectivity index (χ1) is 13.2. The van der Waals surface area contributed by atoms with Crippen LogP contribution in [0, 0.1) is 0 Å². The van der Waals surface area contributed by atoms with E-state index >= 15 is 0 Å². The smallest absolute Gasteiger partial charge is 0.350 e. The van der Waals surface area contributed by atoms with E-state index in [0.717, 1.165) is 4.88 Å². The van der Waals surface area contributed by atoms with E-state index in [0.29, 0.717) is 28.6 Å². The highest BCUT2D eigenvalue weighted by molar-refractivity contribution is 7.14. The van der Waals surface area contributed by atoms with Crippen molar-refractivity contribution in [2.45, 2.75) is 32.8 Å². The van der Waals surface area contributed by atoms with Gasteiger partial charge in [0.25, 0.3) is 0 Å². The van der Waals surface area contributed by atoms with E-state index < -0.39 is 11.6 Å². The van der Waals surface area contributed by atoms with Gasteiger partial charge in [0.15, 0.2) is 12.2 Å². The summed E-state index contributed by atoms with van der Waals surface area (Å²) < 4.78 is 10.8. The molecule has 0 bridgehead atoms. The molecule has 0 atom stereocenters. The summed E-state index contributed by atoms with van der Waals surface area (Å²) in [6, 6.07) is 10.1. The number of halogens is 1. The zero-order chi connectivity index (χ0) is 20.7. The fourth-order valence-corrected chi connectivity index (χ4v) is 3.30. The van der Waals surface area contributed by atoms with Crippen molar-refractivity contribution in [3.05, 3.63) is 51.2 Å². The lowest BCUT2D eigenvalue weighted by Crippen LogP contribution is -2.40. The number of carbonyl (C=O) groups is 3. The zero-order valence-corrected chi connectivity index (χ0v) is 17.5. The number of hydrogen-bond donors (Lipinski definition) is 1. The van der Waals surface area contributed by atoms with E-state index in [1.807, 2.05) is 6.07 Å². The van der Waals surface area contributed by atoms with Crippen LogP contribution in [0.4, 0.5) is 0 Å². The van der Waals surface area contributed by atoms with Gasteiger partial charge in [-0.1, -0.05) is 11.6 Å². The molecule has 8 heteroatoms. The Labute approximate surface area is 172 Å². The monoisotopic (exact) mass is 423 g/mol. The molecule has 0 fully saturated rings. The van der Waals surface area contributed by atoms with E-state index in [2.05, 4.69) is 5.32 Å². The van der Waals surface area contributed by atoms with Crippen LogP contribution in [0.3, 0.4) is 0 Å². The molecular formula is C20H22ClNO5S. The number of benzene rings is 1. The van der Waals surface area contributed by atoms with Crippen molar-refractivity contribution in [1.82, 2.24) is 5.32 Å². The first-order valence-corrected chi connectivity index (χ1v) is 9.85. The Balaban J connectivity index is 1.85. The summed E-state index contributed by atoms with van der Waals surface area (Å²) in [5, 5.41) is 3.27. The van der Waals surface area contributed by atoms with E-state index in [1.165, 1.54) is 18.3 Å². The Morgan fingerprint density at radius 1 is 1.11 bits per heavy atom. The Morgan fingerprint density at radius 3 is 2.43 bits per heavy atom. The minimum Gasteiger partial charge on any atom is -0.476 e. The molecule has 0 saturated heterocycles. The lowest BCUT2D eigenvalue weighted by molar-refractivity contribution is -0.158. The number of amides is 1. The molecule has 28 heavy (non-hydrogen) atoms. The summed E-state index contributed by atoms with van der Waals surface area (Å²) in [6.07, 6.45) is 0.638. The second-order valence-electron chi connectivity index (χ2n) is 6.56. The van der Waals surface area contributed by atoms with Crippen LogP contribution in [0.2, 0.25) is 5.02 Å². The molecule has 0 unspecified atom stereocenters. The predicted octanol–water partition coefficient (Wildman–Crippen LogP) is 3.66. The topological polar surface area (TPSA) is 81.7 Å². The third kappa shape index (κ3) is 6.65. The first-order valence-electron chi connectivity index (χ1n) is 8.65. The van der Waals surface area contributed by atoms with Crippen LogP contribution >= 0.6 is 22.9 Å². The molecule has 0 aliphatic heterocycles. The fourth-order valence-electron chi connectivity index (χ4n) is 2.24. The number of Topliss-reactive ketones (excluding diaryl/α,β-unsaturated/α-hetero) is 1. The van der Waals surface area contributed by atoms with Gasteiger partial charge >= 0.3 is 5.97 Å². The van der Waals surface area contributed by atoms with Gasteiger partial charge in [0.05, 0.1) is 4.88 Å². The summed E-state index contributed by atoms with van der Waals surface area (Å²) in [6.45, 7) is 4.74. The predicted molar refractivity (Wildman–Crippen MR) is 108 cm³/mol. The normalized spacial score (nSPS) is 11.0. The Kier molecular flexibility index (Phi) is 7.60. The number of ketones is 1. The molecule has 150 valence electrons. The molecule has 1 aromatic heterocycles. The van der Waals surface area contributed by atoms with Crippen LogP contribution < -0.4 is 10.1 Å². The maximum absolute atomic E-state index is 12.3. The van der Waals surface area contributed by atoms with Crippen LogP contribution in [0.15, 0.2) is 36.4 Å². The molecule has 2 rings (SSSR count). The molecule has 2 aromatic rings. The van der Waals surface area contributed by atoms with Crippen LogP contribution in [-0.2, 0) is 20.7 Å². The summed E-state index contributed by atoms with van der Waals surface area (Å²) in [7, 11) is 0. The summed E-state index contributed by atoms with van der Waals surface area (Å²) in [5.74, 6) is -0.549. The molecule has 1 aromatic carbocycles. The van der Waals surface area contributed by atoms with E-state index in [4.69, 9.17) is 21.1 Å². The lowest BCUT2D eigenvalue weighted by atomic mass is 10.1. The number of esters is 1. The maximum Gasteiger partial charge on any atom is 0.350 e. The number of hydrogen-bond acceptors (Lipinski definition) is 6. The van der Waals surface area contributed by atoms with Gasteiger partial charge in [0, 0.05) is 23.4 Å². The molecule has 0 radical (unpaired) electrons. The molecule has 0 saturated carbocycles. The van der Waals surface area contributed by atoms with Crippen molar-refractivity contribution < 1.29 is 23.9 Å². The molecule has 0 aliphatic carbocycles. The summed E-state index contributed by atoms with van der Waals surface area (Å²) in [4.78, 5) is 36.9. The quantitative estimate of drug-likeness (QED) is 0.491. The largest absolute Gasteiger partial charge is 0.476 e. The van der Waals surface area contributed by atoms with Crippen LogP contribution in [0.5, 0.6) is 5.75 Å². The summed E-state index contributed by atoms with van der Waals surface area (Å²) in [5.41, 5.74) is -1.26. The average Bonchev–Trinajstić information content (AvgIpc) is 3.09. The molecule has 1 heterocycles. The number of ether oxygens (including phenoxy) is 2. The van der Waals surface area contributed by atoms with Gasteiger partial charge in [0.2, 0.25) is 11.7 Å². The minimum atomic E-state index is -1.26. The number of nitrogens with one attached hydrogen (secondary N) is 1. The van der Waals surface area contributed by atoms with Crippen molar-refractivity contribution in [1.29, 1.82) is 0 Å². The maximum atomic E-state index is 12.3. The van der Waals surface area contributed by atoms with Crippen LogP contribution in [-0.4, -0.2) is 36.4 Å². The van der Waals surface area contributed by atoms with Crippen molar-refractivity contribution in [3.63, 3.8) is 0 Å². The van der Waals surface area contributed by atoms with E-state index in [1.54, 1.807) is 44.2 Å². The Hall–Kier alpha value is -2.38. The van der Waals surface area contributed by atoms with Crippen molar-refractivity contribution >= 4 is 40.6 Å². The third-order valence-electron chi connectivity index (χ3n) is 3.69. The highest BCUT2D eigenvalue weighted by atomic mass is 35.5. The number of thiophene rings is 1. The van der Waals surface area contributed by atoms with Gasteiger partial charge in [-0.05, 0) is 56.7 Å². The highest BCUT2D eigenvalue weighted by Gasteiger charge is 2.32. The van der Waals surface area contributed by atoms with E-state index in [9.17, 15) is 14.4 Å². The first kappa shape index (κ1) is 21.9. The average molecular weight is 424 g/mol. The molecule has 6 nitrogen and oxygen atoms in total. The van der Waals surface area contributed by atoms with E-state index in [-0.39, 0.29) is 18.3 Å². The molecular weight excluding hydrogens is 402 g/mol. The van der Waals surface area contributed by atoms with Crippen LogP contribution in [0.25, 0.3) is 0 Å². The van der Waals surface area contributed by atoms with Gasteiger partial charge in [0.1, 0.15) is 5.75 Å². The second kappa shape index (κ2) is 9.71. The van der Waals surface area contributed by atoms with Gasteiger partial charge in [-0.2, -0.15) is 0 Å². The van der Waals surface area contributed by atoms with Gasteiger partial charge in [-0.25, -0.2) is 4.79 Å². The Morgan fingerprint density at radius 2 is 1.79 bits per heavy atom. The lowest BCUT2D eigenvalue weighted by Gasteiger charge is -2.24. The summed E-state index contributed by atoms with van der Waals surface area (Å²) >= 11 is 7.15. The minimum absolute atomic E-state index is 0.0943. The number of rotatable bonds is 9. The number of carbonyl (C=O) groups excluding carboxylic acids is 3. The zero-order valence-electron chi connectivity index (χ0n) is 15.9.